The Labute approximate surface area is 158 Å². The van der Waals surface area contributed by atoms with Crippen LogP contribution in [-0.2, 0) is 6.54 Å². The van der Waals surface area contributed by atoms with Crippen molar-refractivity contribution in [1.82, 2.24) is 14.1 Å². The average Bonchev–Trinajstić information content (AvgIpc) is 3.18. The summed E-state index contributed by atoms with van der Waals surface area (Å²) < 4.78 is 8.82. The van der Waals surface area contributed by atoms with E-state index in [1.807, 2.05) is 30.5 Å². The van der Waals surface area contributed by atoms with Gasteiger partial charge in [-0.3, -0.25) is 14.3 Å². The van der Waals surface area contributed by atoms with Crippen molar-refractivity contribution in [2.75, 3.05) is 6.61 Å². The van der Waals surface area contributed by atoms with Gasteiger partial charge in [0.05, 0.1) is 24.4 Å². The molecule has 6 nitrogen and oxygen atoms in total. The molecular formula is C20H17N3O3S. The van der Waals surface area contributed by atoms with Crippen LogP contribution in [0.15, 0.2) is 69.8 Å². The molecule has 0 N–H and O–H groups in total. The molecule has 4 aromatic rings. The molecule has 0 fully saturated rings. The van der Waals surface area contributed by atoms with Gasteiger partial charge in [-0.2, -0.15) is 0 Å². The summed E-state index contributed by atoms with van der Waals surface area (Å²) in [4.78, 5) is 30.2. The number of fused-ring (bicyclic) bond motifs is 1. The predicted molar refractivity (Wildman–Crippen MR) is 106 cm³/mol. The van der Waals surface area contributed by atoms with Crippen LogP contribution in [-0.4, -0.2) is 20.7 Å². The van der Waals surface area contributed by atoms with E-state index < -0.39 is 0 Å². The lowest BCUT2D eigenvalue weighted by molar-refractivity contribution is 0.340. The molecule has 3 aromatic heterocycles. The topological polar surface area (TPSA) is 66.1 Å². The van der Waals surface area contributed by atoms with Gasteiger partial charge in [0.25, 0.3) is 5.56 Å². The third-order valence-electron chi connectivity index (χ3n) is 4.22. The van der Waals surface area contributed by atoms with E-state index >= 15 is 0 Å². The first kappa shape index (κ1) is 17.2. The van der Waals surface area contributed by atoms with Gasteiger partial charge in [0.15, 0.2) is 0 Å². The summed E-state index contributed by atoms with van der Waals surface area (Å²) in [6, 6.07) is 12.5. The zero-order valence-corrected chi connectivity index (χ0v) is 15.5. The van der Waals surface area contributed by atoms with Gasteiger partial charge < -0.3 is 4.74 Å². The molecule has 0 unspecified atom stereocenters. The maximum Gasteiger partial charge on any atom is 0.336 e. The van der Waals surface area contributed by atoms with E-state index in [-0.39, 0.29) is 11.2 Å². The molecule has 0 aliphatic rings. The molecule has 0 amide bonds. The summed E-state index contributed by atoms with van der Waals surface area (Å²) >= 11 is 1.33. The molecule has 3 heterocycles. The summed E-state index contributed by atoms with van der Waals surface area (Å²) in [5, 5.41) is 1.83. The first-order chi connectivity index (χ1) is 13.2. The molecule has 4 rings (SSSR count). The van der Waals surface area contributed by atoms with Gasteiger partial charge in [-0.1, -0.05) is 6.07 Å². The molecule has 0 aliphatic carbocycles. The highest BCUT2D eigenvalue weighted by Crippen LogP contribution is 2.18. The Morgan fingerprint density at radius 2 is 1.93 bits per heavy atom. The molecule has 0 atom stereocenters. The second kappa shape index (κ2) is 7.20. The Balaban J connectivity index is 1.91. The maximum absolute atomic E-state index is 13.2. The number of thiophene rings is 1. The Bertz CT molecular complexity index is 1190. The first-order valence-electron chi connectivity index (χ1n) is 8.54. The van der Waals surface area contributed by atoms with E-state index in [0.717, 1.165) is 5.56 Å². The van der Waals surface area contributed by atoms with E-state index in [4.69, 9.17) is 4.74 Å². The highest BCUT2D eigenvalue weighted by molar-refractivity contribution is 7.17. The molecule has 0 radical (unpaired) electrons. The summed E-state index contributed by atoms with van der Waals surface area (Å²) in [5.41, 5.74) is 1.37. The van der Waals surface area contributed by atoms with Crippen molar-refractivity contribution in [2.24, 2.45) is 0 Å². The highest BCUT2D eigenvalue weighted by Gasteiger charge is 2.16. The lowest BCUT2D eigenvalue weighted by Crippen LogP contribution is -2.38. The lowest BCUT2D eigenvalue weighted by Gasteiger charge is -2.12. The number of pyridine rings is 1. The molecule has 0 bridgehead atoms. The van der Waals surface area contributed by atoms with Gasteiger partial charge in [-0.15, -0.1) is 11.3 Å². The molecule has 7 heteroatoms. The van der Waals surface area contributed by atoms with Crippen LogP contribution in [0.2, 0.25) is 0 Å². The third-order valence-corrected chi connectivity index (χ3v) is 5.12. The van der Waals surface area contributed by atoms with E-state index in [2.05, 4.69) is 4.98 Å². The summed E-state index contributed by atoms with van der Waals surface area (Å²) in [6.45, 7) is 2.80. The lowest BCUT2D eigenvalue weighted by atomic mass is 10.2. The van der Waals surface area contributed by atoms with Crippen LogP contribution in [0.1, 0.15) is 12.5 Å². The number of nitrogens with zero attached hydrogens (tertiary/aromatic N) is 3. The van der Waals surface area contributed by atoms with Crippen LogP contribution < -0.4 is 16.0 Å². The van der Waals surface area contributed by atoms with Crippen LogP contribution in [0.4, 0.5) is 0 Å². The first-order valence-corrected chi connectivity index (χ1v) is 9.42. The molecule has 27 heavy (non-hydrogen) atoms. The van der Waals surface area contributed by atoms with Crippen LogP contribution >= 0.6 is 11.3 Å². The number of ether oxygens (including phenoxy) is 1. The van der Waals surface area contributed by atoms with Gasteiger partial charge in [-0.25, -0.2) is 9.36 Å². The van der Waals surface area contributed by atoms with Crippen molar-refractivity contribution in [3.05, 3.63) is 86.6 Å². The molecule has 0 saturated heterocycles. The SMILES string of the molecule is CCOc1ccc(-n2c(=O)c3sccc3n(Cc3cccnc3)c2=O)cc1. The zero-order chi connectivity index (χ0) is 18.8. The molecule has 136 valence electrons. The number of hydrogen-bond acceptors (Lipinski definition) is 5. The molecule has 0 saturated carbocycles. The largest absolute Gasteiger partial charge is 0.494 e. The molecule has 1 aromatic carbocycles. The fourth-order valence-corrected chi connectivity index (χ4v) is 3.82. The minimum atomic E-state index is -0.376. The normalized spacial score (nSPS) is 11.0. The fraction of sp³-hybridized carbons (Fsp3) is 0.150. The number of aromatic nitrogens is 3. The quantitative estimate of drug-likeness (QED) is 0.535. The van der Waals surface area contributed by atoms with Gasteiger partial charge in [0, 0.05) is 12.4 Å². The van der Waals surface area contributed by atoms with Crippen molar-refractivity contribution in [1.29, 1.82) is 0 Å². The summed E-state index contributed by atoms with van der Waals surface area (Å²) in [7, 11) is 0. The third kappa shape index (κ3) is 3.17. The Morgan fingerprint density at radius 3 is 2.63 bits per heavy atom. The average molecular weight is 379 g/mol. The number of hydrogen-bond donors (Lipinski definition) is 0. The van der Waals surface area contributed by atoms with Crippen LogP contribution in [0.25, 0.3) is 15.9 Å². The standard InChI is InChI=1S/C20H17N3O3S/c1-2-26-16-7-5-15(6-8-16)23-19(24)18-17(9-11-27-18)22(20(23)25)13-14-4-3-10-21-12-14/h3-12H,2,13H2,1H3. The Kier molecular flexibility index (Phi) is 4.60. The molecule has 0 spiro atoms. The summed E-state index contributed by atoms with van der Waals surface area (Å²) in [5.74, 6) is 0.696. The van der Waals surface area contributed by atoms with Crippen molar-refractivity contribution < 1.29 is 4.74 Å². The van der Waals surface area contributed by atoms with E-state index in [9.17, 15) is 9.59 Å². The van der Waals surface area contributed by atoms with Crippen LogP contribution in [0.3, 0.4) is 0 Å². The highest BCUT2D eigenvalue weighted by atomic mass is 32.1. The molecule has 0 aliphatic heterocycles. The fourth-order valence-electron chi connectivity index (χ4n) is 3.00. The maximum atomic E-state index is 13.2. The second-order valence-corrected chi connectivity index (χ2v) is 6.85. The summed E-state index contributed by atoms with van der Waals surface area (Å²) in [6.07, 6.45) is 3.41. The minimum Gasteiger partial charge on any atom is -0.494 e. The van der Waals surface area contributed by atoms with Gasteiger partial charge in [0.2, 0.25) is 0 Å². The number of rotatable bonds is 5. The van der Waals surface area contributed by atoms with E-state index in [0.29, 0.717) is 34.8 Å². The zero-order valence-electron chi connectivity index (χ0n) is 14.7. The van der Waals surface area contributed by atoms with Crippen molar-refractivity contribution in [2.45, 2.75) is 13.5 Å². The van der Waals surface area contributed by atoms with Crippen LogP contribution in [0, 0.1) is 0 Å². The van der Waals surface area contributed by atoms with Gasteiger partial charge >= 0.3 is 5.69 Å². The molecular weight excluding hydrogens is 362 g/mol. The Hall–Kier alpha value is -3.19. The van der Waals surface area contributed by atoms with E-state index in [1.54, 1.807) is 41.2 Å². The monoisotopic (exact) mass is 379 g/mol. The van der Waals surface area contributed by atoms with E-state index in [1.165, 1.54) is 15.9 Å². The van der Waals surface area contributed by atoms with Crippen LogP contribution in [0.5, 0.6) is 5.75 Å². The minimum absolute atomic E-state index is 0.309. The van der Waals surface area contributed by atoms with Crippen molar-refractivity contribution >= 4 is 21.6 Å². The van der Waals surface area contributed by atoms with Crippen molar-refractivity contribution in [3.8, 4) is 11.4 Å². The van der Waals surface area contributed by atoms with Crippen molar-refractivity contribution in [3.63, 3.8) is 0 Å². The smallest absolute Gasteiger partial charge is 0.336 e. The van der Waals surface area contributed by atoms with Gasteiger partial charge in [0.1, 0.15) is 10.4 Å². The number of benzene rings is 1. The predicted octanol–water partition coefficient (Wildman–Crippen LogP) is 3.06. The van der Waals surface area contributed by atoms with Gasteiger partial charge in [-0.05, 0) is 54.3 Å². The second-order valence-electron chi connectivity index (χ2n) is 5.93. The Morgan fingerprint density at radius 1 is 1.11 bits per heavy atom.